The molecule has 0 radical (unpaired) electrons. The number of carbonyl (C=O) groups is 2. The topological polar surface area (TPSA) is 78.2 Å². The van der Waals surface area contributed by atoms with Crippen molar-refractivity contribution in [2.45, 2.75) is 6.61 Å². The van der Waals surface area contributed by atoms with E-state index >= 15 is 0 Å². The molecule has 0 unspecified atom stereocenters. The zero-order valence-corrected chi connectivity index (χ0v) is 13.8. The molecule has 1 amide bonds. The minimum Gasteiger partial charge on any atom is -0.460 e. The molecular formula is C18H18N4O3. The number of aromatic nitrogens is 3. The Bertz CT molecular complexity index is 854. The molecule has 2 aromatic heterocycles. The van der Waals surface area contributed by atoms with E-state index in [0.717, 1.165) is 5.56 Å². The summed E-state index contributed by atoms with van der Waals surface area (Å²) in [5.41, 5.74) is 1.28. The molecule has 7 heteroatoms. The quantitative estimate of drug-likeness (QED) is 0.694. The fraction of sp³-hybridized carbons (Fsp3) is 0.167. The van der Waals surface area contributed by atoms with Gasteiger partial charge in [0.15, 0.2) is 0 Å². The highest BCUT2D eigenvalue weighted by Crippen LogP contribution is 2.13. The second-order valence-corrected chi connectivity index (χ2v) is 5.42. The maximum atomic E-state index is 12.4. The first-order valence-electron chi connectivity index (χ1n) is 7.78. The van der Waals surface area contributed by atoms with Gasteiger partial charge in [0.05, 0.1) is 6.20 Å². The normalized spacial score (nSPS) is 10.4. The SMILES string of the molecule is Cn1ncc(C(=O)NCC(=O)OCc2ccccc2)c1-n1cccc1. The predicted octanol–water partition coefficient (Wildman–Crippen LogP) is 1.68. The summed E-state index contributed by atoms with van der Waals surface area (Å²) in [7, 11) is 1.75. The van der Waals surface area contributed by atoms with Crippen LogP contribution in [0, 0.1) is 0 Å². The molecule has 3 rings (SSSR count). The summed E-state index contributed by atoms with van der Waals surface area (Å²) >= 11 is 0. The van der Waals surface area contributed by atoms with E-state index in [1.807, 2.05) is 54.9 Å². The van der Waals surface area contributed by atoms with Crippen LogP contribution in [0.5, 0.6) is 0 Å². The number of nitrogens with one attached hydrogen (secondary N) is 1. The van der Waals surface area contributed by atoms with Crippen molar-refractivity contribution in [3.8, 4) is 5.82 Å². The minimum atomic E-state index is -0.497. The van der Waals surface area contributed by atoms with Crippen molar-refractivity contribution in [2.24, 2.45) is 7.05 Å². The Hall–Kier alpha value is -3.35. The van der Waals surface area contributed by atoms with Gasteiger partial charge in [-0.3, -0.25) is 14.3 Å². The summed E-state index contributed by atoms with van der Waals surface area (Å²) < 4.78 is 8.53. The fourth-order valence-electron chi connectivity index (χ4n) is 2.41. The van der Waals surface area contributed by atoms with Crippen molar-refractivity contribution >= 4 is 11.9 Å². The van der Waals surface area contributed by atoms with Crippen LogP contribution in [0.15, 0.2) is 61.1 Å². The van der Waals surface area contributed by atoms with E-state index in [0.29, 0.717) is 11.4 Å². The summed E-state index contributed by atoms with van der Waals surface area (Å²) in [6.45, 7) is -0.0251. The largest absolute Gasteiger partial charge is 0.460 e. The molecule has 25 heavy (non-hydrogen) atoms. The Balaban J connectivity index is 1.57. The number of hydrogen-bond donors (Lipinski definition) is 1. The molecule has 0 saturated heterocycles. The molecule has 3 aromatic rings. The molecule has 0 spiro atoms. The van der Waals surface area contributed by atoms with Crippen LogP contribution >= 0.6 is 0 Å². The average molecular weight is 338 g/mol. The van der Waals surface area contributed by atoms with Crippen molar-refractivity contribution in [3.63, 3.8) is 0 Å². The molecule has 128 valence electrons. The van der Waals surface area contributed by atoms with Gasteiger partial charge < -0.3 is 14.6 Å². The molecule has 0 aliphatic rings. The van der Waals surface area contributed by atoms with Gasteiger partial charge >= 0.3 is 5.97 Å². The van der Waals surface area contributed by atoms with Gasteiger partial charge in [0.2, 0.25) is 0 Å². The second-order valence-electron chi connectivity index (χ2n) is 5.42. The Kier molecular flexibility index (Phi) is 4.94. The Morgan fingerprint density at radius 1 is 1.12 bits per heavy atom. The van der Waals surface area contributed by atoms with Crippen LogP contribution in [0.1, 0.15) is 15.9 Å². The van der Waals surface area contributed by atoms with Crippen molar-refractivity contribution < 1.29 is 14.3 Å². The van der Waals surface area contributed by atoms with Gasteiger partial charge in [-0.25, -0.2) is 0 Å². The second kappa shape index (κ2) is 7.48. The van der Waals surface area contributed by atoms with Gasteiger partial charge in [-0.15, -0.1) is 0 Å². The number of ether oxygens (including phenoxy) is 1. The summed E-state index contributed by atoms with van der Waals surface area (Å²) in [6, 6.07) is 13.1. The fourth-order valence-corrected chi connectivity index (χ4v) is 2.41. The third-order valence-electron chi connectivity index (χ3n) is 3.64. The standard InChI is InChI=1S/C18H18N4O3/c1-21-18(22-9-5-6-10-22)15(11-20-21)17(24)19-12-16(23)25-13-14-7-3-2-4-8-14/h2-11H,12-13H2,1H3,(H,19,24). The van der Waals surface area contributed by atoms with E-state index < -0.39 is 5.97 Å². The van der Waals surface area contributed by atoms with Crippen LogP contribution in [0.2, 0.25) is 0 Å². The molecule has 2 heterocycles. The molecule has 0 fully saturated rings. The van der Waals surface area contributed by atoms with Gasteiger partial charge in [0.1, 0.15) is 24.5 Å². The number of amides is 1. The maximum Gasteiger partial charge on any atom is 0.325 e. The molecule has 0 bridgehead atoms. The van der Waals surface area contributed by atoms with Crippen molar-refractivity contribution in [1.29, 1.82) is 0 Å². The number of carbonyl (C=O) groups excluding carboxylic acids is 2. The first-order valence-corrected chi connectivity index (χ1v) is 7.78. The van der Waals surface area contributed by atoms with Crippen LogP contribution < -0.4 is 5.32 Å². The zero-order valence-electron chi connectivity index (χ0n) is 13.8. The summed E-state index contributed by atoms with van der Waals surface area (Å²) in [5.74, 6) is -0.253. The van der Waals surface area contributed by atoms with Crippen LogP contribution in [0.3, 0.4) is 0 Å². The van der Waals surface area contributed by atoms with Crippen LogP contribution in [0.4, 0.5) is 0 Å². The molecule has 7 nitrogen and oxygen atoms in total. The van der Waals surface area contributed by atoms with E-state index in [9.17, 15) is 9.59 Å². The van der Waals surface area contributed by atoms with Gasteiger partial charge in [0, 0.05) is 19.4 Å². The lowest BCUT2D eigenvalue weighted by molar-refractivity contribution is -0.143. The van der Waals surface area contributed by atoms with Gasteiger partial charge in [-0.2, -0.15) is 5.10 Å². The zero-order chi connectivity index (χ0) is 17.6. The number of aryl methyl sites for hydroxylation is 1. The minimum absolute atomic E-state index is 0.178. The smallest absolute Gasteiger partial charge is 0.325 e. The van der Waals surface area contributed by atoms with Crippen LogP contribution in [-0.4, -0.2) is 32.8 Å². The third kappa shape index (κ3) is 3.95. The number of benzene rings is 1. The highest BCUT2D eigenvalue weighted by Gasteiger charge is 2.18. The van der Waals surface area contributed by atoms with E-state index in [2.05, 4.69) is 10.4 Å². The average Bonchev–Trinajstić information content (AvgIpc) is 3.28. The van der Waals surface area contributed by atoms with Crippen LogP contribution in [0.25, 0.3) is 5.82 Å². The monoisotopic (exact) mass is 338 g/mol. The number of nitrogens with zero attached hydrogens (tertiary/aromatic N) is 3. The molecular weight excluding hydrogens is 320 g/mol. The number of rotatable bonds is 6. The van der Waals surface area contributed by atoms with Gasteiger partial charge in [-0.1, -0.05) is 30.3 Å². The lowest BCUT2D eigenvalue weighted by Gasteiger charge is -2.09. The molecule has 0 aliphatic heterocycles. The Labute approximate surface area is 144 Å². The van der Waals surface area contributed by atoms with E-state index in [1.54, 1.807) is 16.3 Å². The third-order valence-corrected chi connectivity index (χ3v) is 3.64. The van der Waals surface area contributed by atoms with Gasteiger partial charge in [-0.05, 0) is 17.7 Å². The summed E-state index contributed by atoms with van der Waals surface area (Å²) in [4.78, 5) is 24.2. The van der Waals surface area contributed by atoms with Gasteiger partial charge in [0.25, 0.3) is 5.91 Å². The van der Waals surface area contributed by atoms with Crippen molar-refractivity contribution in [3.05, 3.63) is 72.2 Å². The summed E-state index contributed by atoms with van der Waals surface area (Å²) in [6.07, 6.45) is 5.11. The van der Waals surface area contributed by atoms with Crippen molar-refractivity contribution in [2.75, 3.05) is 6.54 Å². The lowest BCUT2D eigenvalue weighted by atomic mass is 10.2. The maximum absolute atomic E-state index is 12.4. The molecule has 0 saturated carbocycles. The first kappa shape index (κ1) is 16.5. The highest BCUT2D eigenvalue weighted by atomic mass is 16.5. The number of hydrogen-bond acceptors (Lipinski definition) is 4. The molecule has 0 aliphatic carbocycles. The number of esters is 1. The van der Waals surface area contributed by atoms with Crippen molar-refractivity contribution in [1.82, 2.24) is 19.7 Å². The van der Waals surface area contributed by atoms with Crippen LogP contribution in [-0.2, 0) is 23.2 Å². The summed E-state index contributed by atoms with van der Waals surface area (Å²) in [5, 5.41) is 6.69. The molecule has 0 atom stereocenters. The Morgan fingerprint density at radius 3 is 2.56 bits per heavy atom. The predicted molar refractivity (Wildman–Crippen MR) is 91.1 cm³/mol. The Morgan fingerprint density at radius 2 is 1.84 bits per heavy atom. The first-order chi connectivity index (χ1) is 12.1. The molecule has 1 aromatic carbocycles. The van der Waals surface area contributed by atoms with E-state index in [-0.39, 0.29) is 19.1 Å². The molecule has 1 N–H and O–H groups in total. The lowest BCUT2D eigenvalue weighted by Crippen LogP contribution is -2.31. The van der Waals surface area contributed by atoms with E-state index in [4.69, 9.17) is 4.74 Å². The van der Waals surface area contributed by atoms with E-state index in [1.165, 1.54) is 6.20 Å². The highest BCUT2D eigenvalue weighted by molar-refractivity contribution is 5.98.